The number of benzene rings is 2. The number of likely N-dealkylation sites (tertiary alicyclic amines) is 1. The second kappa shape index (κ2) is 7.42. The van der Waals surface area contributed by atoms with Crippen LogP contribution in [0.3, 0.4) is 0 Å². The molecule has 146 valence electrons. The van der Waals surface area contributed by atoms with E-state index in [2.05, 4.69) is 39.0 Å². The molecule has 0 N–H and O–H groups in total. The van der Waals surface area contributed by atoms with Crippen molar-refractivity contribution in [2.45, 2.75) is 46.1 Å². The topological polar surface area (TPSA) is 40.6 Å². The predicted octanol–water partition coefficient (Wildman–Crippen LogP) is 4.33. The molecule has 4 nitrogen and oxygen atoms in total. The molecule has 0 aliphatic carbocycles. The summed E-state index contributed by atoms with van der Waals surface area (Å²) in [6.07, 6.45) is 2.56. The van der Waals surface area contributed by atoms with Crippen LogP contribution in [0.15, 0.2) is 42.5 Å². The third-order valence-electron chi connectivity index (χ3n) is 6.27. The Morgan fingerprint density at radius 2 is 1.79 bits per heavy atom. The monoisotopic (exact) mass is 376 g/mol. The summed E-state index contributed by atoms with van der Waals surface area (Å²) in [5.41, 5.74) is 5.66. The van der Waals surface area contributed by atoms with Gasteiger partial charge in [-0.2, -0.15) is 0 Å². The first kappa shape index (κ1) is 18.7. The van der Waals surface area contributed by atoms with E-state index in [0.29, 0.717) is 13.0 Å². The predicted molar refractivity (Wildman–Crippen MR) is 111 cm³/mol. The van der Waals surface area contributed by atoms with Crippen molar-refractivity contribution in [2.24, 2.45) is 5.92 Å². The highest BCUT2D eigenvalue weighted by Gasteiger charge is 2.42. The van der Waals surface area contributed by atoms with E-state index in [9.17, 15) is 9.59 Å². The number of nitrogens with zero attached hydrogens (tertiary/aromatic N) is 2. The van der Waals surface area contributed by atoms with Crippen molar-refractivity contribution in [3.8, 4) is 0 Å². The molecule has 0 aromatic heterocycles. The molecule has 0 bridgehead atoms. The molecule has 2 heterocycles. The summed E-state index contributed by atoms with van der Waals surface area (Å²) in [7, 11) is 0. The summed E-state index contributed by atoms with van der Waals surface area (Å²) in [5.74, 6) is -0.601. The van der Waals surface area contributed by atoms with Crippen LogP contribution in [0.2, 0.25) is 0 Å². The maximum Gasteiger partial charge on any atom is 0.239 e. The Kier molecular flexibility index (Phi) is 4.96. The molecule has 2 aliphatic rings. The summed E-state index contributed by atoms with van der Waals surface area (Å²) < 4.78 is 0. The maximum atomic E-state index is 13.3. The van der Waals surface area contributed by atoms with E-state index >= 15 is 0 Å². The van der Waals surface area contributed by atoms with Crippen molar-refractivity contribution >= 4 is 17.5 Å². The van der Waals surface area contributed by atoms with Crippen LogP contribution in [0.5, 0.6) is 0 Å². The van der Waals surface area contributed by atoms with Gasteiger partial charge in [0, 0.05) is 18.8 Å². The first-order valence-corrected chi connectivity index (χ1v) is 10.2. The average molecular weight is 377 g/mol. The van der Waals surface area contributed by atoms with Crippen LogP contribution in [0, 0.1) is 26.7 Å². The van der Waals surface area contributed by atoms with Crippen LogP contribution in [-0.4, -0.2) is 29.8 Å². The highest BCUT2D eigenvalue weighted by atomic mass is 16.2. The van der Waals surface area contributed by atoms with Gasteiger partial charge in [-0.3, -0.25) is 9.59 Å². The number of carbonyl (C=O) groups excluding carboxylic acids is 2. The van der Waals surface area contributed by atoms with Gasteiger partial charge < -0.3 is 9.80 Å². The van der Waals surface area contributed by atoms with Gasteiger partial charge in [0.15, 0.2) is 0 Å². The smallest absolute Gasteiger partial charge is 0.239 e. The number of carbonyl (C=O) groups is 2. The third-order valence-corrected chi connectivity index (χ3v) is 6.27. The molecule has 2 unspecified atom stereocenters. The molecule has 2 atom stereocenters. The molecule has 0 saturated carbocycles. The van der Waals surface area contributed by atoms with Crippen LogP contribution in [0.4, 0.5) is 5.69 Å². The second-order valence-electron chi connectivity index (χ2n) is 8.20. The lowest BCUT2D eigenvalue weighted by molar-refractivity contribution is -0.140. The number of aryl methyl sites for hydroxylation is 3. The maximum absolute atomic E-state index is 13.3. The van der Waals surface area contributed by atoms with Crippen molar-refractivity contribution in [2.75, 3.05) is 18.0 Å². The summed E-state index contributed by atoms with van der Waals surface area (Å²) in [6.45, 7) is 7.55. The third kappa shape index (κ3) is 3.32. The molecule has 2 fully saturated rings. The quantitative estimate of drug-likeness (QED) is 0.748. The van der Waals surface area contributed by atoms with E-state index in [-0.39, 0.29) is 17.9 Å². The number of anilines is 1. The summed E-state index contributed by atoms with van der Waals surface area (Å²) in [4.78, 5) is 30.1. The number of hydrogen-bond acceptors (Lipinski definition) is 2. The van der Waals surface area contributed by atoms with Crippen LogP contribution in [0.1, 0.15) is 47.6 Å². The molecule has 2 aromatic carbocycles. The van der Waals surface area contributed by atoms with Gasteiger partial charge in [-0.15, -0.1) is 0 Å². The number of rotatable bonds is 3. The van der Waals surface area contributed by atoms with E-state index in [0.717, 1.165) is 25.1 Å². The van der Waals surface area contributed by atoms with Crippen molar-refractivity contribution < 1.29 is 9.59 Å². The Bertz CT molecular complexity index is 921. The van der Waals surface area contributed by atoms with Crippen LogP contribution < -0.4 is 4.90 Å². The molecular formula is C24H28N2O2. The van der Waals surface area contributed by atoms with Crippen LogP contribution >= 0.6 is 0 Å². The molecule has 2 amide bonds. The number of amides is 2. The lowest BCUT2D eigenvalue weighted by atomic mass is 10.0. The first-order chi connectivity index (χ1) is 13.5. The molecule has 2 saturated heterocycles. The zero-order valence-electron chi connectivity index (χ0n) is 16.9. The van der Waals surface area contributed by atoms with Gasteiger partial charge in [-0.1, -0.05) is 35.9 Å². The number of hydrogen-bond donors (Lipinski definition) is 0. The molecular weight excluding hydrogens is 348 g/mol. The van der Waals surface area contributed by atoms with Gasteiger partial charge >= 0.3 is 0 Å². The SMILES string of the molecule is Cc1cccc(C2CCCN2C(=O)C2CCN(c3ccc(C)c(C)c3)C2=O)c1. The zero-order chi connectivity index (χ0) is 19.8. The minimum Gasteiger partial charge on any atom is -0.335 e. The molecule has 28 heavy (non-hydrogen) atoms. The van der Waals surface area contributed by atoms with Crippen LogP contribution in [-0.2, 0) is 9.59 Å². The molecule has 2 aliphatic heterocycles. The Hall–Kier alpha value is -2.62. The summed E-state index contributed by atoms with van der Waals surface area (Å²) in [6, 6.07) is 14.6. The fourth-order valence-electron chi connectivity index (χ4n) is 4.51. The van der Waals surface area contributed by atoms with Gasteiger partial charge in [0.25, 0.3) is 0 Å². The van der Waals surface area contributed by atoms with Gasteiger partial charge in [0.2, 0.25) is 11.8 Å². The lowest BCUT2D eigenvalue weighted by Gasteiger charge is -2.27. The van der Waals surface area contributed by atoms with E-state index in [4.69, 9.17) is 0 Å². The fourth-order valence-corrected chi connectivity index (χ4v) is 4.51. The highest BCUT2D eigenvalue weighted by Crippen LogP contribution is 2.36. The standard InChI is InChI=1S/C24H28N2O2/c1-16-6-4-7-19(14-16)22-8-5-12-26(22)24(28)21-11-13-25(23(21)27)20-10-9-17(2)18(3)15-20/h4,6-7,9-10,14-15,21-22H,5,8,11-13H2,1-3H3. The summed E-state index contributed by atoms with van der Waals surface area (Å²) in [5, 5.41) is 0. The molecule has 2 aromatic rings. The molecule has 0 radical (unpaired) electrons. The largest absolute Gasteiger partial charge is 0.335 e. The van der Waals surface area contributed by atoms with Gasteiger partial charge in [-0.05, 0) is 68.9 Å². The van der Waals surface area contributed by atoms with Gasteiger partial charge in [0.05, 0.1) is 6.04 Å². The van der Waals surface area contributed by atoms with Crippen molar-refractivity contribution in [3.05, 3.63) is 64.7 Å². The van der Waals surface area contributed by atoms with Crippen molar-refractivity contribution in [3.63, 3.8) is 0 Å². The Morgan fingerprint density at radius 3 is 2.54 bits per heavy atom. The van der Waals surface area contributed by atoms with E-state index < -0.39 is 5.92 Å². The molecule has 0 spiro atoms. The van der Waals surface area contributed by atoms with Crippen molar-refractivity contribution in [1.82, 2.24) is 4.90 Å². The molecule has 4 heteroatoms. The molecule has 4 rings (SSSR count). The van der Waals surface area contributed by atoms with Gasteiger partial charge in [-0.25, -0.2) is 0 Å². The Labute approximate surface area is 167 Å². The minimum atomic E-state index is -0.549. The Balaban J connectivity index is 1.53. The fraction of sp³-hybridized carbons (Fsp3) is 0.417. The summed E-state index contributed by atoms with van der Waals surface area (Å²) >= 11 is 0. The first-order valence-electron chi connectivity index (χ1n) is 10.2. The lowest BCUT2D eigenvalue weighted by Crippen LogP contribution is -2.39. The normalized spacial score (nSPS) is 22.2. The Morgan fingerprint density at radius 1 is 0.964 bits per heavy atom. The highest BCUT2D eigenvalue weighted by molar-refractivity contribution is 6.09. The van der Waals surface area contributed by atoms with E-state index in [1.165, 1.54) is 22.3 Å². The van der Waals surface area contributed by atoms with E-state index in [1.54, 1.807) is 4.90 Å². The van der Waals surface area contributed by atoms with Crippen molar-refractivity contribution in [1.29, 1.82) is 0 Å². The van der Waals surface area contributed by atoms with Crippen LogP contribution in [0.25, 0.3) is 0 Å². The zero-order valence-corrected chi connectivity index (χ0v) is 16.9. The minimum absolute atomic E-state index is 0.000315. The van der Waals surface area contributed by atoms with Gasteiger partial charge in [0.1, 0.15) is 5.92 Å². The average Bonchev–Trinajstić information content (AvgIpc) is 3.30. The second-order valence-corrected chi connectivity index (χ2v) is 8.20. The van der Waals surface area contributed by atoms with E-state index in [1.807, 2.05) is 29.2 Å².